The topological polar surface area (TPSA) is 97.8 Å². The number of ether oxygens (including phenoxy) is 4. The van der Waals surface area contributed by atoms with Gasteiger partial charge in [0, 0.05) is 32.8 Å². The largest absolute Gasteiger partial charge is 0.508 e. The highest BCUT2D eigenvalue weighted by Crippen LogP contribution is 2.39. The monoisotopic (exact) mass is 568 g/mol. The van der Waals surface area contributed by atoms with Crippen molar-refractivity contribution in [3.05, 3.63) is 59.2 Å². The van der Waals surface area contributed by atoms with Crippen LogP contribution in [0.2, 0.25) is 0 Å². The van der Waals surface area contributed by atoms with E-state index in [4.69, 9.17) is 18.9 Å². The van der Waals surface area contributed by atoms with Gasteiger partial charge in [-0.05, 0) is 86.9 Å². The fraction of sp³-hybridized carbons (Fsp3) is 0.562. The summed E-state index contributed by atoms with van der Waals surface area (Å²) in [5, 5.41) is 10.2. The molecule has 2 aromatic rings. The van der Waals surface area contributed by atoms with Crippen LogP contribution in [0.3, 0.4) is 0 Å². The predicted molar refractivity (Wildman–Crippen MR) is 155 cm³/mol. The molecule has 2 aromatic carbocycles. The van der Waals surface area contributed by atoms with Crippen LogP contribution in [0, 0.1) is 5.92 Å². The molecule has 2 fully saturated rings. The lowest BCUT2D eigenvalue weighted by Crippen LogP contribution is -2.51. The van der Waals surface area contributed by atoms with Crippen LogP contribution in [0.5, 0.6) is 11.5 Å². The summed E-state index contributed by atoms with van der Waals surface area (Å²) in [6.07, 6.45) is 2.08. The van der Waals surface area contributed by atoms with Crippen molar-refractivity contribution in [1.82, 2.24) is 9.80 Å². The minimum Gasteiger partial charge on any atom is -0.508 e. The minimum atomic E-state index is -0.629. The van der Waals surface area contributed by atoms with Gasteiger partial charge in [0.05, 0.1) is 32.8 Å². The number of rotatable bonds is 11. The molecule has 0 spiro atoms. The molecule has 1 aliphatic carbocycles. The van der Waals surface area contributed by atoms with Gasteiger partial charge in [0.15, 0.2) is 0 Å². The molecule has 1 heterocycles. The highest BCUT2D eigenvalue weighted by Gasteiger charge is 2.43. The summed E-state index contributed by atoms with van der Waals surface area (Å²) in [5.41, 5.74) is 2.20. The van der Waals surface area contributed by atoms with E-state index in [1.165, 1.54) is 0 Å². The number of hydrogen-bond acceptors (Lipinski definition) is 7. The average Bonchev–Trinajstić information content (AvgIpc) is 3.78. The number of piperidine rings is 1. The molecule has 0 aromatic heterocycles. The molecule has 2 atom stereocenters. The van der Waals surface area contributed by atoms with E-state index in [0.717, 1.165) is 29.5 Å². The average molecular weight is 569 g/mol. The van der Waals surface area contributed by atoms with Crippen molar-refractivity contribution in [2.24, 2.45) is 5.92 Å². The van der Waals surface area contributed by atoms with Crippen LogP contribution in [0.15, 0.2) is 42.5 Å². The van der Waals surface area contributed by atoms with Crippen molar-refractivity contribution >= 4 is 12.0 Å². The van der Waals surface area contributed by atoms with Crippen molar-refractivity contribution in [2.75, 3.05) is 40.5 Å². The molecule has 9 nitrogen and oxygen atoms in total. The van der Waals surface area contributed by atoms with Gasteiger partial charge in [0.1, 0.15) is 17.1 Å². The fourth-order valence-corrected chi connectivity index (χ4v) is 5.39. The van der Waals surface area contributed by atoms with Crippen LogP contribution in [0.1, 0.15) is 62.6 Å². The van der Waals surface area contributed by atoms with E-state index in [1.54, 1.807) is 37.3 Å². The third-order valence-electron chi connectivity index (χ3n) is 7.47. The summed E-state index contributed by atoms with van der Waals surface area (Å²) >= 11 is 0. The molecule has 1 aliphatic heterocycles. The summed E-state index contributed by atoms with van der Waals surface area (Å²) in [7, 11) is 3.27. The number of nitrogens with zero attached hydrogens (tertiary/aromatic N) is 2. The van der Waals surface area contributed by atoms with Gasteiger partial charge in [-0.1, -0.05) is 18.2 Å². The number of benzene rings is 2. The molecule has 1 N–H and O–H groups in total. The fourth-order valence-electron chi connectivity index (χ4n) is 5.39. The van der Waals surface area contributed by atoms with Crippen molar-refractivity contribution < 1.29 is 33.6 Å². The number of phenolic OH excluding ortho intramolecular Hbond substituents is 1. The van der Waals surface area contributed by atoms with Gasteiger partial charge in [-0.15, -0.1) is 0 Å². The number of hydrogen-bond donors (Lipinski definition) is 1. The molecule has 1 saturated carbocycles. The second-order valence-electron chi connectivity index (χ2n) is 12.0. The second-order valence-corrected chi connectivity index (χ2v) is 12.0. The Balaban J connectivity index is 1.59. The van der Waals surface area contributed by atoms with Gasteiger partial charge >= 0.3 is 6.09 Å². The molecule has 9 heteroatoms. The lowest BCUT2D eigenvalue weighted by molar-refractivity contribution is -0.139. The first-order valence-electron chi connectivity index (χ1n) is 14.4. The normalized spacial score (nSPS) is 19.1. The van der Waals surface area contributed by atoms with Gasteiger partial charge in [0.2, 0.25) is 5.91 Å². The molecule has 0 radical (unpaired) electrons. The van der Waals surface area contributed by atoms with Crippen molar-refractivity contribution in [1.29, 1.82) is 0 Å². The van der Waals surface area contributed by atoms with E-state index in [-0.39, 0.29) is 30.2 Å². The third kappa shape index (κ3) is 8.60. The highest BCUT2D eigenvalue weighted by molar-refractivity contribution is 5.82. The first-order valence-corrected chi connectivity index (χ1v) is 14.4. The Labute approximate surface area is 243 Å². The van der Waals surface area contributed by atoms with E-state index in [1.807, 2.05) is 43.9 Å². The Hall–Kier alpha value is -3.30. The number of likely N-dealkylation sites (tertiary alicyclic amines) is 1. The molecule has 224 valence electrons. The van der Waals surface area contributed by atoms with Gasteiger partial charge < -0.3 is 33.9 Å². The van der Waals surface area contributed by atoms with Crippen LogP contribution >= 0.6 is 0 Å². The van der Waals surface area contributed by atoms with Crippen LogP contribution in [0.25, 0.3) is 0 Å². The first-order chi connectivity index (χ1) is 19.6. The zero-order chi connectivity index (χ0) is 29.6. The van der Waals surface area contributed by atoms with Gasteiger partial charge in [-0.3, -0.25) is 4.79 Å². The number of amides is 2. The molecule has 4 rings (SSSR count). The SMILES string of the molecule is COCCOCc1cc(CN(C(=O)[C@H]2CN(C(=O)OC(C)(C)C)CC[C@@H]2c2cccc(O)c2)C2CC2)cc(OC)c1. The van der Waals surface area contributed by atoms with E-state index < -0.39 is 17.6 Å². The summed E-state index contributed by atoms with van der Waals surface area (Å²) in [5.74, 6) is 0.280. The summed E-state index contributed by atoms with van der Waals surface area (Å²) in [6, 6.07) is 13.2. The predicted octanol–water partition coefficient (Wildman–Crippen LogP) is 5.10. The highest BCUT2D eigenvalue weighted by atomic mass is 16.6. The molecular weight excluding hydrogens is 524 g/mol. The molecule has 2 amide bonds. The number of aromatic hydroxyl groups is 1. The zero-order valence-electron chi connectivity index (χ0n) is 24.9. The summed E-state index contributed by atoms with van der Waals surface area (Å²) < 4.78 is 22.0. The number of carbonyl (C=O) groups is 2. The van der Waals surface area contributed by atoms with Crippen molar-refractivity contribution in [3.8, 4) is 11.5 Å². The second kappa shape index (κ2) is 13.6. The van der Waals surface area contributed by atoms with Gasteiger partial charge in [0.25, 0.3) is 0 Å². The van der Waals surface area contributed by atoms with Crippen molar-refractivity contribution in [2.45, 2.75) is 70.7 Å². The van der Waals surface area contributed by atoms with E-state index >= 15 is 0 Å². The zero-order valence-corrected chi connectivity index (χ0v) is 24.9. The Kier molecular flexibility index (Phi) is 10.1. The van der Waals surface area contributed by atoms with E-state index in [2.05, 4.69) is 6.07 Å². The van der Waals surface area contributed by atoms with Crippen molar-refractivity contribution in [3.63, 3.8) is 0 Å². The summed E-state index contributed by atoms with van der Waals surface area (Å²) in [6.45, 7) is 8.11. The quantitative estimate of drug-likeness (QED) is 0.377. The molecule has 0 bridgehead atoms. The lowest BCUT2D eigenvalue weighted by atomic mass is 9.79. The van der Waals surface area contributed by atoms with Gasteiger partial charge in [-0.2, -0.15) is 0 Å². The Morgan fingerprint density at radius 2 is 1.78 bits per heavy atom. The maximum absolute atomic E-state index is 14.4. The van der Waals surface area contributed by atoms with Crippen LogP contribution < -0.4 is 4.74 Å². The Morgan fingerprint density at radius 3 is 2.44 bits per heavy atom. The molecule has 1 saturated heterocycles. The summed E-state index contributed by atoms with van der Waals surface area (Å²) in [4.78, 5) is 31.0. The van der Waals surface area contributed by atoms with Crippen LogP contribution in [-0.2, 0) is 32.2 Å². The van der Waals surface area contributed by atoms with Gasteiger partial charge in [-0.25, -0.2) is 4.79 Å². The molecule has 0 unspecified atom stereocenters. The van der Waals surface area contributed by atoms with E-state index in [0.29, 0.717) is 45.1 Å². The maximum atomic E-state index is 14.4. The molecular formula is C32H44N2O7. The Morgan fingerprint density at radius 1 is 1.02 bits per heavy atom. The standard InChI is InChI=1S/C32H44N2O7/c1-32(2,3)41-31(37)33-12-11-28(24-7-6-8-26(35)18-24)29(20-33)30(36)34(25-9-10-25)19-22-15-23(17-27(16-22)39-5)21-40-14-13-38-4/h6-8,15-18,25,28-29,35H,9-14,19-21H2,1-5H3/t28-,29+/m1/s1. The molecule has 2 aliphatic rings. The third-order valence-corrected chi connectivity index (χ3v) is 7.47. The maximum Gasteiger partial charge on any atom is 0.410 e. The number of phenols is 1. The molecule has 41 heavy (non-hydrogen) atoms. The van der Waals surface area contributed by atoms with Crippen LogP contribution in [-0.4, -0.2) is 79.1 Å². The van der Waals surface area contributed by atoms with Crippen LogP contribution in [0.4, 0.5) is 4.79 Å². The lowest BCUT2D eigenvalue weighted by Gasteiger charge is -2.40. The Bertz CT molecular complexity index is 1190. The minimum absolute atomic E-state index is 0.00909. The number of carbonyl (C=O) groups excluding carboxylic acids is 2. The smallest absolute Gasteiger partial charge is 0.410 e. The number of methoxy groups -OCH3 is 2. The van der Waals surface area contributed by atoms with E-state index in [9.17, 15) is 14.7 Å². The first kappa shape index (κ1) is 30.7.